The summed E-state index contributed by atoms with van der Waals surface area (Å²) in [7, 11) is -4.34. The van der Waals surface area contributed by atoms with E-state index in [-0.39, 0.29) is 10.8 Å². The summed E-state index contributed by atoms with van der Waals surface area (Å²) in [6.45, 7) is 15.7. The Labute approximate surface area is 150 Å². The van der Waals surface area contributed by atoms with Crippen molar-refractivity contribution in [1.29, 1.82) is 0 Å². The van der Waals surface area contributed by atoms with E-state index in [0.717, 1.165) is 40.3 Å². The Balaban J connectivity index is 2.83. The van der Waals surface area contributed by atoms with Gasteiger partial charge in [0.05, 0.1) is 0 Å². The van der Waals surface area contributed by atoms with Crippen molar-refractivity contribution < 1.29 is 13.0 Å². The van der Waals surface area contributed by atoms with Crippen molar-refractivity contribution in [2.75, 3.05) is 0 Å². The van der Waals surface area contributed by atoms with E-state index in [0.29, 0.717) is 11.1 Å². The molecule has 0 heterocycles. The van der Waals surface area contributed by atoms with Crippen LogP contribution in [-0.2, 0) is 16.5 Å². The van der Waals surface area contributed by atoms with Gasteiger partial charge in [-0.3, -0.25) is 4.55 Å². The van der Waals surface area contributed by atoms with Crippen LogP contribution in [0, 0.1) is 0 Å². The zero-order valence-electron chi connectivity index (χ0n) is 15.4. The molecule has 134 valence electrons. The molecular formula is C21H26O3S. The minimum atomic E-state index is -4.34. The molecule has 0 saturated carbocycles. The molecule has 0 saturated heterocycles. The standard InChI is InChI=1S/C21H26O3S/c1-13(2)7-8-16-9-10-18-17(11-16)12-19(25(22,23)24)21(15(5)6)20(18)14(3)4/h9-12,14H,1,5,7-8H2,2-4,6H3,(H,22,23,24). The zero-order valence-corrected chi connectivity index (χ0v) is 16.2. The predicted octanol–water partition coefficient (Wildman–Crippen LogP) is 5.75. The van der Waals surface area contributed by atoms with E-state index in [2.05, 4.69) is 19.2 Å². The van der Waals surface area contributed by atoms with Gasteiger partial charge in [-0.05, 0) is 66.1 Å². The summed E-state index contributed by atoms with van der Waals surface area (Å²) >= 11 is 0. The molecule has 0 unspecified atom stereocenters. The average Bonchev–Trinajstić information content (AvgIpc) is 2.49. The van der Waals surface area contributed by atoms with Crippen molar-refractivity contribution >= 4 is 26.5 Å². The second-order valence-electron chi connectivity index (χ2n) is 7.09. The minimum Gasteiger partial charge on any atom is -0.282 e. The molecule has 3 nitrogen and oxygen atoms in total. The molecule has 1 N–H and O–H groups in total. The summed E-state index contributed by atoms with van der Waals surface area (Å²) in [6, 6.07) is 7.68. The first kappa shape index (κ1) is 19.4. The maximum absolute atomic E-state index is 12.0. The summed E-state index contributed by atoms with van der Waals surface area (Å²) in [4.78, 5) is -0.0618. The van der Waals surface area contributed by atoms with E-state index in [1.54, 1.807) is 13.0 Å². The maximum Gasteiger partial charge on any atom is 0.295 e. The third-order valence-corrected chi connectivity index (χ3v) is 5.21. The molecule has 0 radical (unpaired) electrons. The lowest BCUT2D eigenvalue weighted by Crippen LogP contribution is -2.07. The number of fused-ring (bicyclic) bond motifs is 1. The van der Waals surface area contributed by atoms with Gasteiger partial charge in [0.15, 0.2) is 0 Å². The molecule has 2 rings (SSSR count). The van der Waals surface area contributed by atoms with Gasteiger partial charge < -0.3 is 0 Å². The van der Waals surface area contributed by atoms with E-state index >= 15 is 0 Å². The molecule has 0 amide bonds. The number of benzene rings is 2. The predicted molar refractivity (Wildman–Crippen MR) is 106 cm³/mol. The number of hydrogen-bond donors (Lipinski definition) is 1. The molecule has 4 heteroatoms. The van der Waals surface area contributed by atoms with Crippen molar-refractivity contribution in [2.45, 2.75) is 51.3 Å². The van der Waals surface area contributed by atoms with Gasteiger partial charge in [0.2, 0.25) is 0 Å². The number of aryl methyl sites for hydroxylation is 1. The maximum atomic E-state index is 12.0. The zero-order chi connectivity index (χ0) is 18.9. The van der Waals surface area contributed by atoms with Crippen LogP contribution in [0.5, 0.6) is 0 Å². The third-order valence-electron chi connectivity index (χ3n) is 4.33. The molecule has 0 spiro atoms. The highest BCUT2D eigenvalue weighted by Gasteiger charge is 2.23. The van der Waals surface area contributed by atoms with Crippen molar-refractivity contribution in [2.24, 2.45) is 0 Å². The summed E-state index contributed by atoms with van der Waals surface area (Å²) < 4.78 is 33.7. The van der Waals surface area contributed by atoms with Crippen LogP contribution in [-0.4, -0.2) is 13.0 Å². The molecular weight excluding hydrogens is 332 g/mol. The quantitative estimate of drug-likeness (QED) is 0.528. The Morgan fingerprint density at radius 3 is 2.28 bits per heavy atom. The minimum absolute atomic E-state index is 0.0618. The summed E-state index contributed by atoms with van der Waals surface area (Å²) in [5.41, 5.74) is 4.29. The highest BCUT2D eigenvalue weighted by molar-refractivity contribution is 7.86. The number of rotatable bonds is 6. The van der Waals surface area contributed by atoms with Crippen LogP contribution in [0.4, 0.5) is 0 Å². The monoisotopic (exact) mass is 358 g/mol. The largest absolute Gasteiger partial charge is 0.295 e. The van der Waals surface area contributed by atoms with Gasteiger partial charge in [0.1, 0.15) is 4.90 Å². The molecule has 25 heavy (non-hydrogen) atoms. The lowest BCUT2D eigenvalue weighted by atomic mass is 9.87. The van der Waals surface area contributed by atoms with Gasteiger partial charge in [-0.25, -0.2) is 0 Å². The number of hydrogen-bond acceptors (Lipinski definition) is 2. The van der Waals surface area contributed by atoms with E-state index in [4.69, 9.17) is 0 Å². The van der Waals surface area contributed by atoms with Crippen molar-refractivity contribution in [3.05, 3.63) is 59.7 Å². The Bertz CT molecular complexity index is 951. The van der Waals surface area contributed by atoms with Gasteiger partial charge in [0, 0.05) is 5.56 Å². The summed E-state index contributed by atoms with van der Waals surface area (Å²) in [5.74, 6) is 0.0946. The SMILES string of the molecule is C=C(C)CCc1ccc2c(C(C)C)c(C(=C)C)c(S(=O)(=O)O)cc2c1. The lowest BCUT2D eigenvalue weighted by Gasteiger charge is -2.20. The van der Waals surface area contributed by atoms with Crippen LogP contribution in [0.15, 0.2) is 47.9 Å². The van der Waals surface area contributed by atoms with E-state index in [9.17, 15) is 13.0 Å². The van der Waals surface area contributed by atoms with E-state index in [1.165, 1.54) is 0 Å². The number of allylic oxidation sites excluding steroid dienone is 2. The van der Waals surface area contributed by atoms with Crippen LogP contribution in [0.1, 0.15) is 56.7 Å². The van der Waals surface area contributed by atoms with Crippen molar-refractivity contribution in [1.82, 2.24) is 0 Å². The topological polar surface area (TPSA) is 54.4 Å². The Morgan fingerprint density at radius 2 is 1.80 bits per heavy atom. The molecule has 0 bridgehead atoms. The third kappa shape index (κ3) is 4.20. The fraction of sp³-hybridized carbons (Fsp3) is 0.333. The smallest absolute Gasteiger partial charge is 0.282 e. The second-order valence-corrected chi connectivity index (χ2v) is 8.48. The first-order chi connectivity index (χ1) is 11.5. The van der Waals surface area contributed by atoms with Crippen molar-refractivity contribution in [3.8, 4) is 0 Å². The molecule has 0 aliphatic heterocycles. The molecule has 0 atom stereocenters. The van der Waals surface area contributed by atoms with Crippen LogP contribution in [0.2, 0.25) is 0 Å². The van der Waals surface area contributed by atoms with E-state index in [1.807, 2.05) is 32.9 Å². The highest BCUT2D eigenvalue weighted by atomic mass is 32.2. The Hall–Kier alpha value is -1.91. The fourth-order valence-electron chi connectivity index (χ4n) is 3.21. The molecule has 2 aromatic rings. The van der Waals surface area contributed by atoms with Crippen LogP contribution >= 0.6 is 0 Å². The highest BCUT2D eigenvalue weighted by Crippen LogP contribution is 2.37. The lowest BCUT2D eigenvalue weighted by molar-refractivity contribution is 0.483. The first-order valence-electron chi connectivity index (χ1n) is 8.39. The molecule has 0 aliphatic carbocycles. The molecule has 0 aliphatic rings. The van der Waals surface area contributed by atoms with Crippen molar-refractivity contribution in [3.63, 3.8) is 0 Å². The van der Waals surface area contributed by atoms with Crippen LogP contribution in [0.25, 0.3) is 16.3 Å². The summed E-state index contributed by atoms with van der Waals surface area (Å²) in [5, 5.41) is 1.82. The molecule has 0 aromatic heterocycles. The molecule has 0 fully saturated rings. The Morgan fingerprint density at radius 1 is 1.16 bits per heavy atom. The van der Waals surface area contributed by atoms with Gasteiger partial charge in [0.25, 0.3) is 10.1 Å². The van der Waals surface area contributed by atoms with Gasteiger partial charge in [-0.1, -0.05) is 44.2 Å². The van der Waals surface area contributed by atoms with Crippen LogP contribution in [0.3, 0.4) is 0 Å². The van der Waals surface area contributed by atoms with Gasteiger partial charge in [-0.15, -0.1) is 6.58 Å². The normalized spacial score (nSPS) is 11.9. The van der Waals surface area contributed by atoms with Gasteiger partial charge >= 0.3 is 0 Å². The average molecular weight is 359 g/mol. The van der Waals surface area contributed by atoms with Gasteiger partial charge in [-0.2, -0.15) is 8.42 Å². The second kappa shape index (κ2) is 7.14. The van der Waals surface area contributed by atoms with E-state index < -0.39 is 10.1 Å². The van der Waals surface area contributed by atoms with Crippen LogP contribution < -0.4 is 0 Å². The molecule has 2 aromatic carbocycles. The Kier molecular flexibility index (Phi) is 5.55. The summed E-state index contributed by atoms with van der Waals surface area (Å²) in [6.07, 6.45) is 1.74. The fourth-order valence-corrected chi connectivity index (χ4v) is 4.03. The first-order valence-corrected chi connectivity index (χ1v) is 9.83.